The lowest BCUT2D eigenvalue weighted by Crippen LogP contribution is -2.22. The lowest BCUT2D eigenvalue weighted by atomic mass is 9.70. The molecule has 130 valence electrons. The molecular weight excluding hydrogens is 264 g/mol. The van der Waals surface area contributed by atoms with E-state index in [0.29, 0.717) is 5.92 Å². The molecule has 0 fully saturated rings. The second-order valence-electron chi connectivity index (χ2n) is 7.40. The van der Waals surface area contributed by atoms with Crippen LogP contribution >= 0.6 is 0 Å². The van der Waals surface area contributed by atoms with Crippen LogP contribution in [0, 0.1) is 16.7 Å². The Labute approximate surface area is 141 Å². The molecule has 1 aliphatic carbocycles. The number of hydrogen-bond acceptors (Lipinski definition) is 0. The second-order valence-corrected chi connectivity index (χ2v) is 7.40. The predicted octanol–water partition coefficient (Wildman–Crippen LogP) is 7.97. The first kappa shape index (κ1) is 23.5. The Hall–Kier alpha value is -0.780. The first-order valence-electron chi connectivity index (χ1n) is 9.21. The van der Waals surface area contributed by atoms with Crippen LogP contribution in [0.15, 0.2) is 34.9 Å². The third kappa shape index (κ3) is 6.99. The Morgan fingerprint density at radius 2 is 1.32 bits per heavy atom. The Bertz CT molecular complexity index is 394. The summed E-state index contributed by atoms with van der Waals surface area (Å²) in [6.07, 6.45) is 8.40. The molecule has 0 aromatic rings. The van der Waals surface area contributed by atoms with Crippen LogP contribution in [0.4, 0.5) is 0 Å². The van der Waals surface area contributed by atoms with Gasteiger partial charge in [0.25, 0.3) is 0 Å². The van der Waals surface area contributed by atoms with E-state index in [9.17, 15) is 0 Å². The summed E-state index contributed by atoms with van der Waals surface area (Å²) >= 11 is 0. The van der Waals surface area contributed by atoms with Gasteiger partial charge in [-0.3, -0.25) is 0 Å². The minimum atomic E-state index is 0.213. The summed E-state index contributed by atoms with van der Waals surface area (Å²) in [6.45, 7) is 26.5. The molecule has 0 heterocycles. The molecule has 0 aliphatic heterocycles. The highest BCUT2D eigenvalue weighted by Gasteiger charge is 2.31. The summed E-state index contributed by atoms with van der Waals surface area (Å²) in [5.41, 5.74) is 4.91. The van der Waals surface area contributed by atoms with Gasteiger partial charge in [0.2, 0.25) is 0 Å². The molecule has 1 unspecified atom stereocenters. The fourth-order valence-corrected chi connectivity index (χ4v) is 2.57. The molecular formula is C22H42. The van der Waals surface area contributed by atoms with Gasteiger partial charge in [-0.05, 0) is 41.2 Å². The van der Waals surface area contributed by atoms with Crippen LogP contribution in [0.2, 0.25) is 0 Å². The van der Waals surface area contributed by atoms with Crippen LogP contribution in [0.3, 0.4) is 0 Å². The van der Waals surface area contributed by atoms with Crippen molar-refractivity contribution in [2.45, 2.75) is 89.5 Å². The zero-order chi connectivity index (χ0) is 18.1. The molecule has 1 aliphatic rings. The van der Waals surface area contributed by atoms with Crippen LogP contribution in [0.25, 0.3) is 0 Å². The van der Waals surface area contributed by atoms with Crippen LogP contribution in [0.1, 0.15) is 89.5 Å². The highest BCUT2D eigenvalue weighted by molar-refractivity contribution is 5.46. The summed E-state index contributed by atoms with van der Waals surface area (Å²) in [4.78, 5) is 0. The van der Waals surface area contributed by atoms with Gasteiger partial charge in [0.05, 0.1) is 0 Å². The molecule has 0 amide bonds. The lowest BCUT2D eigenvalue weighted by Gasteiger charge is -2.35. The van der Waals surface area contributed by atoms with Crippen molar-refractivity contribution in [3.63, 3.8) is 0 Å². The van der Waals surface area contributed by atoms with Crippen molar-refractivity contribution in [2.24, 2.45) is 16.7 Å². The van der Waals surface area contributed by atoms with E-state index in [4.69, 9.17) is 0 Å². The Kier molecular flexibility index (Phi) is 10.8. The maximum absolute atomic E-state index is 2.46. The van der Waals surface area contributed by atoms with E-state index in [-0.39, 0.29) is 10.8 Å². The first-order chi connectivity index (χ1) is 10.1. The summed E-state index contributed by atoms with van der Waals surface area (Å²) in [6, 6.07) is 0. The topological polar surface area (TPSA) is 0 Å². The molecule has 0 radical (unpaired) electrons. The third-order valence-electron chi connectivity index (χ3n) is 4.04. The van der Waals surface area contributed by atoms with Crippen LogP contribution in [0.5, 0.6) is 0 Å². The van der Waals surface area contributed by atoms with Gasteiger partial charge in [-0.1, -0.05) is 100.0 Å². The Morgan fingerprint density at radius 3 is 1.68 bits per heavy atom. The van der Waals surface area contributed by atoms with Gasteiger partial charge < -0.3 is 0 Å². The Balaban J connectivity index is 0. The summed E-state index contributed by atoms with van der Waals surface area (Å²) in [5, 5.41) is 0. The van der Waals surface area contributed by atoms with Crippen molar-refractivity contribution in [2.75, 3.05) is 0 Å². The van der Waals surface area contributed by atoms with Crippen molar-refractivity contribution >= 4 is 0 Å². The molecule has 1 rings (SSSR count). The van der Waals surface area contributed by atoms with E-state index in [2.05, 4.69) is 73.6 Å². The molecule has 0 bridgehead atoms. The predicted molar refractivity (Wildman–Crippen MR) is 105 cm³/mol. The number of hydrogen-bond donors (Lipinski definition) is 0. The maximum Gasteiger partial charge on any atom is -0.00700 e. The summed E-state index contributed by atoms with van der Waals surface area (Å²) < 4.78 is 0. The Morgan fingerprint density at radius 1 is 0.864 bits per heavy atom. The molecule has 0 aromatic heterocycles. The molecule has 1 atom stereocenters. The van der Waals surface area contributed by atoms with E-state index in [1.165, 1.54) is 23.1 Å². The van der Waals surface area contributed by atoms with Gasteiger partial charge in [0.1, 0.15) is 0 Å². The highest BCUT2D eigenvalue weighted by Crippen LogP contribution is 2.44. The van der Waals surface area contributed by atoms with Gasteiger partial charge in [-0.25, -0.2) is 0 Å². The minimum absolute atomic E-state index is 0.213. The normalized spacial score (nSPS) is 18.5. The molecule has 22 heavy (non-hydrogen) atoms. The molecule has 0 saturated heterocycles. The van der Waals surface area contributed by atoms with Crippen molar-refractivity contribution in [1.82, 2.24) is 0 Å². The van der Waals surface area contributed by atoms with Crippen LogP contribution in [-0.2, 0) is 0 Å². The molecule has 0 nitrogen and oxygen atoms in total. The smallest absolute Gasteiger partial charge is 0.00700 e. The maximum atomic E-state index is 2.46. The van der Waals surface area contributed by atoms with Gasteiger partial charge in [0, 0.05) is 0 Å². The lowest BCUT2D eigenvalue weighted by molar-refractivity contribution is 0.401. The third-order valence-corrected chi connectivity index (χ3v) is 4.04. The summed E-state index contributed by atoms with van der Waals surface area (Å²) in [7, 11) is 0. The zero-order valence-corrected chi connectivity index (χ0v) is 17.5. The quantitative estimate of drug-likeness (QED) is 0.485. The molecule has 0 saturated carbocycles. The average Bonchev–Trinajstić information content (AvgIpc) is 2.61. The zero-order valence-electron chi connectivity index (χ0n) is 17.5. The van der Waals surface area contributed by atoms with E-state index < -0.39 is 0 Å². The van der Waals surface area contributed by atoms with Crippen molar-refractivity contribution in [1.29, 1.82) is 0 Å². The number of allylic oxidation sites excluding steroid dienone is 6. The van der Waals surface area contributed by atoms with Crippen LogP contribution < -0.4 is 0 Å². The molecule has 0 aromatic carbocycles. The fourth-order valence-electron chi connectivity index (χ4n) is 2.57. The fraction of sp³-hybridized carbons (Fsp3) is 0.727. The first-order valence-corrected chi connectivity index (χ1v) is 9.21. The molecule has 0 spiro atoms. The van der Waals surface area contributed by atoms with E-state index >= 15 is 0 Å². The SMILES string of the molecule is CC.CC.CCC(C)(C)C1=CC(C)=CC(C)C=C1C(C)(C)C. The largest absolute Gasteiger partial charge is 0.0749 e. The number of rotatable bonds is 2. The monoisotopic (exact) mass is 306 g/mol. The molecule has 0 heteroatoms. The average molecular weight is 307 g/mol. The van der Waals surface area contributed by atoms with Gasteiger partial charge in [-0.2, -0.15) is 0 Å². The summed E-state index contributed by atoms with van der Waals surface area (Å²) in [5.74, 6) is 0.528. The molecule has 0 N–H and O–H groups in total. The van der Waals surface area contributed by atoms with Gasteiger partial charge in [0.15, 0.2) is 0 Å². The van der Waals surface area contributed by atoms with E-state index in [1.54, 1.807) is 0 Å². The van der Waals surface area contributed by atoms with Crippen molar-refractivity contribution in [3.05, 3.63) is 34.9 Å². The van der Waals surface area contributed by atoms with Crippen molar-refractivity contribution < 1.29 is 0 Å². The van der Waals surface area contributed by atoms with Gasteiger partial charge >= 0.3 is 0 Å². The van der Waals surface area contributed by atoms with E-state index in [1.807, 2.05) is 27.7 Å². The van der Waals surface area contributed by atoms with Crippen molar-refractivity contribution in [3.8, 4) is 0 Å². The van der Waals surface area contributed by atoms with Crippen LogP contribution in [-0.4, -0.2) is 0 Å². The standard InChI is InChI=1S/C18H30.2C2H6/c1-9-18(7,8)16-12-14(3)10-13(2)11-15(16)17(4,5)6;2*1-2/h10-13H,9H2,1-8H3;2*1-2H3. The second kappa shape index (κ2) is 10.1. The van der Waals surface area contributed by atoms with E-state index in [0.717, 1.165) is 0 Å². The minimum Gasteiger partial charge on any atom is -0.0749 e. The van der Waals surface area contributed by atoms with Gasteiger partial charge in [-0.15, -0.1) is 0 Å². The highest BCUT2D eigenvalue weighted by atomic mass is 14.4.